The van der Waals surface area contributed by atoms with Crippen molar-refractivity contribution in [2.75, 3.05) is 19.5 Å². The lowest BCUT2D eigenvalue weighted by atomic mass is 10.3. The highest BCUT2D eigenvalue weighted by Gasteiger charge is 2.06. The fraction of sp³-hybridized carbons (Fsp3) is 0.857. The van der Waals surface area contributed by atoms with E-state index in [1.165, 1.54) is 4.90 Å². The molecule has 0 heterocycles. The molecule has 3 nitrogen and oxygen atoms in total. The number of aliphatic hydroxyl groups is 1. The van der Waals surface area contributed by atoms with E-state index in [4.69, 9.17) is 16.7 Å². The molecule has 0 saturated carbocycles. The van der Waals surface area contributed by atoms with Crippen molar-refractivity contribution in [1.29, 1.82) is 0 Å². The molecule has 0 fully saturated rings. The molecule has 1 atom stereocenters. The van der Waals surface area contributed by atoms with Gasteiger partial charge in [0.25, 0.3) is 0 Å². The highest BCUT2D eigenvalue weighted by molar-refractivity contribution is 6.27. The number of hydrogen-bond acceptors (Lipinski definition) is 2. The maximum absolute atomic E-state index is 10.8. The van der Waals surface area contributed by atoms with Crippen LogP contribution in [0.15, 0.2) is 0 Å². The summed E-state index contributed by atoms with van der Waals surface area (Å²) in [5.41, 5.74) is 0. The molecule has 0 aliphatic heterocycles. The first kappa shape index (κ1) is 10.7. The summed E-state index contributed by atoms with van der Waals surface area (Å²) in [6, 6.07) is 0. The molecule has 0 bridgehead atoms. The van der Waals surface area contributed by atoms with Crippen LogP contribution in [0.2, 0.25) is 0 Å². The van der Waals surface area contributed by atoms with Crippen LogP contribution < -0.4 is 0 Å². The summed E-state index contributed by atoms with van der Waals surface area (Å²) in [5.74, 6) is -0.0941. The van der Waals surface area contributed by atoms with Gasteiger partial charge in [-0.15, -0.1) is 11.6 Å². The van der Waals surface area contributed by atoms with Gasteiger partial charge in [0.15, 0.2) is 0 Å². The van der Waals surface area contributed by atoms with E-state index in [1.807, 2.05) is 0 Å². The van der Waals surface area contributed by atoms with Crippen LogP contribution in [0, 0.1) is 0 Å². The molecule has 1 N–H and O–H groups in total. The molecule has 0 aromatic heterocycles. The van der Waals surface area contributed by atoms with Gasteiger partial charge < -0.3 is 10.0 Å². The van der Waals surface area contributed by atoms with Gasteiger partial charge in [-0.3, -0.25) is 4.79 Å². The Morgan fingerprint density at radius 1 is 1.73 bits per heavy atom. The summed E-state index contributed by atoms with van der Waals surface area (Å²) < 4.78 is 0. The molecule has 0 spiro atoms. The molecule has 0 radical (unpaired) electrons. The van der Waals surface area contributed by atoms with Gasteiger partial charge in [-0.25, -0.2) is 0 Å². The molecule has 66 valence electrons. The number of alkyl halides is 1. The number of hydrogen-bond donors (Lipinski definition) is 1. The average Bonchev–Trinajstić information content (AvgIpc) is 1.98. The lowest BCUT2D eigenvalue weighted by molar-refractivity contribution is -0.127. The predicted molar refractivity (Wildman–Crippen MR) is 44.7 cm³/mol. The zero-order chi connectivity index (χ0) is 8.85. The third-order valence-corrected chi connectivity index (χ3v) is 1.65. The zero-order valence-electron chi connectivity index (χ0n) is 6.88. The summed E-state index contributed by atoms with van der Waals surface area (Å²) in [4.78, 5) is 12.4. The number of carbonyl (C=O) groups excluding carboxylic acids is 1. The van der Waals surface area contributed by atoms with Gasteiger partial charge in [0.1, 0.15) is 5.88 Å². The quantitative estimate of drug-likeness (QED) is 0.637. The molecule has 0 aromatic rings. The molecule has 11 heavy (non-hydrogen) atoms. The second kappa shape index (κ2) is 5.38. The van der Waals surface area contributed by atoms with E-state index in [0.717, 1.165) is 0 Å². The Bertz CT molecular complexity index is 128. The van der Waals surface area contributed by atoms with Crippen molar-refractivity contribution in [3.8, 4) is 0 Å². The minimum Gasteiger partial charge on any atom is -0.393 e. The van der Waals surface area contributed by atoms with Crippen molar-refractivity contribution in [3.63, 3.8) is 0 Å². The molecule has 1 amide bonds. The van der Waals surface area contributed by atoms with Gasteiger partial charge in [-0.05, 0) is 13.3 Å². The standard InChI is InChI=1S/C7H14ClNO2/c1-6(10)3-4-9(2)7(11)5-8/h6,10H,3-5H2,1-2H3. The first-order chi connectivity index (χ1) is 5.07. The Morgan fingerprint density at radius 2 is 2.27 bits per heavy atom. The van der Waals surface area contributed by atoms with E-state index >= 15 is 0 Å². The number of nitrogens with zero attached hydrogens (tertiary/aromatic N) is 1. The topological polar surface area (TPSA) is 40.5 Å². The van der Waals surface area contributed by atoms with Gasteiger partial charge in [0.2, 0.25) is 5.91 Å². The minimum absolute atomic E-state index is 0.0102. The van der Waals surface area contributed by atoms with Crippen LogP contribution in [-0.2, 0) is 4.79 Å². The fourth-order valence-electron chi connectivity index (χ4n) is 0.607. The van der Waals surface area contributed by atoms with E-state index in [0.29, 0.717) is 13.0 Å². The van der Waals surface area contributed by atoms with Crippen LogP contribution in [0.25, 0.3) is 0 Å². The SMILES string of the molecule is CC(O)CCN(C)C(=O)CCl. The van der Waals surface area contributed by atoms with Gasteiger partial charge in [0, 0.05) is 13.6 Å². The predicted octanol–water partition coefficient (Wildman–Crippen LogP) is 0.454. The second-order valence-electron chi connectivity index (χ2n) is 2.59. The highest BCUT2D eigenvalue weighted by Crippen LogP contribution is 1.94. The van der Waals surface area contributed by atoms with Crippen LogP contribution in [0.3, 0.4) is 0 Å². The van der Waals surface area contributed by atoms with Crippen molar-refractivity contribution in [3.05, 3.63) is 0 Å². The van der Waals surface area contributed by atoms with Gasteiger partial charge in [-0.2, -0.15) is 0 Å². The Morgan fingerprint density at radius 3 is 2.64 bits per heavy atom. The Balaban J connectivity index is 3.52. The van der Waals surface area contributed by atoms with E-state index < -0.39 is 0 Å². The summed E-state index contributed by atoms with van der Waals surface area (Å²) in [6.45, 7) is 2.25. The number of carbonyl (C=O) groups is 1. The molecular formula is C7H14ClNO2. The first-order valence-electron chi connectivity index (χ1n) is 3.56. The van der Waals surface area contributed by atoms with Crippen molar-refractivity contribution < 1.29 is 9.90 Å². The molecule has 0 aliphatic carbocycles. The Hall–Kier alpha value is -0.280. The Labute approximate surface area is 71.9 Å². The van der Waals surface area contributed by atoms with Crippen molar-refractivity contribution in [2.24, 2.45) is 0 Å². The smallest absolute Gasteiger partial charge is 0.237 e. The van der Waals surface area contributed by atoms with Crippen LogP contribution in [0.4, 0.5) is 0 Å². The summed E-state index contributed by atoms with van der Waals surface area (Å²) in [5, 5.41) is 8.88. The van der Waals surface area contributed by atoms with E-state index in [1.54, 1.807) is 14.0 Å². The molecule has 0 aliphatic rings. The highest BCUT2D eigenvalue weighted by atomic mass is 35.5. The molecule has 0 saturated heterocycles. The molecule has 0 aromatic carbocycles. The molecule has 4 heteroatoms. The van der Waals surface area contributed by atoms with E-state index in [2.05, 4.69) is 0 Å². The molecule has 0 rings (SSSR count). The number of amides is 1. The van der Waals surface area contributed by atoms with Gasteiger partial charge in [0.05, 0.1) is 6.10 Å². The zero-order valence-corrected chi connectivity index (χ0v) is 7.64. The second-order valence-corrected chi connectivity index (χ2v) is 2.85. The first-order valence-corrected chi connectivity index (χ1v) is 4.09. The van der Waals surface area contributed by atoms with Crippen LogP contribution in [0.1, 0.15) is 13.3 Å². The summed E-state index contributed by atoms with van der Waals surface area (Å²) in [7, 11) is 1.67. The minimum atomic E-state index is -0.361. The van der Waals surface area contributed by atoms with Crippen molar-refractivity contribution in [1.82, 2.24) is 4.90 Å². The van der Waals surface area contributed by atoms with Gasteiger partial charge in [-0.1, -0.05) is 0 Å². The van der Waals surface area contributed by atoms with Crippen LogP contribution >= 0.6 is 11.6 Å². The molecular weight excluding hydrogens is 166 g/mol. The Kier molecular flexibility index (Phi) is 5.24. The maximum atomic E-state index is 10.8. The number of aliphatic hydroxyl groups excluding tert-OH is 1. The van der Waals surface area contributed by atoms with Crippen LogP contribution in [-0.4, -0.2) is 41.5 Å². The van der Waals surface area contributed by atoms with E-state index in [-0.39, 0.29) is 17.9 Å². The summed E-state index contributed by atoms with van der Waals surface area (Å²) in [6.07, 6.45) is 0.236. The number of rotatable bonds is 4. The third-order valence-electron chi connectivity index (χ3n) is 1.42. The maximum Gasteiger partial charge on any atom is 0.237 e. The van der Waals surface area contributed by atoms with Crippen LogP contribution in [0.5, 0.6) is 0 Å². The normalized spacial score (nSPS) is 12.7. The average molecular weight is 180 g/mol. The largest absolute Gasteiger partial charge is 0.393 e. The third kappa shape index (κ3) is 5.04. The van der Waals surface area contributed by atoms with Crippen molar-refractivity contribution in [2.45, 2.75) is 19.4 Å². The van der Waals surface area contributed by atoms with Gasteiger partial charge >= 0.3 is 0 Å². The monoisotopic (exact) mass is 179 g/mol. The lowest BCUT2D eigenvalue weighted by Gasteiger charge is -2.16. The van der Waals surface area contributed by atoms with Crippen molar-refractivity contribution >= 4 is 17.5 Å². The summed E-state index contributed by atoms with van der Waals surface area (Å²) >= 11 is 5.31. The fourth-order valence-corrected chi connectivity index (χ4v) is 0.811. The van der Waals surface area contributed by atoms with E-state index in [9.17, 15) is 4.79 Å². The molecule has 1 unspecified atom stereocenters. The lowest BCUT2D eigenvalue weighted by Crippen LogP contribution is -2.30. The number of halogens is 1.